The number of nitrogens with zero attached hydrogens (tertiary/aromatic N) is 1. The Bertz CT molecular complexity index is 1140. The predicted octanol–water partition coefficient (Wildman–Crippen LogP) is 5.91. The molecule has 3 aromatic carbocycles. The third-order valence-corrected chi connectivity index (χ3v) is 6.36. The van der Waals surface area contributed by atoms with E-state index in [1.807, 2.05) is 73.7 Å². The molecular formula is C30H35ClN2O2. The van der Waals surface area contributed by atoms with Gasteiger partial charge in [-0.3, -0.25) is 9.59 Å². The van der Waals surface area contributed by atoms with Crippen molar-refractivity contribution in [3.63, 3.8) is 0 Å². The zero-order valence-corrected chi connectivity index (χ0v) is 21.8. The summed E-state index contributed by atoms with van der Waals surface area (Å²) in [4.78, 5) is 29.0. The van der Waals surface area contributed by atoms with Crippen molar-refractivity contribution < 1.29 is 9.59 Å². The molecule has 4 nitrogen and oxygen atoms in total. The number of aryl methyl sites for hydroxylation is 2. The van der Waals surface area contributed by atoms with E-state index in [-0.39, 0.29) is 18.2 Å². The summed E-state index contributed by atoms with van der Waals surface area (Å²) >= 11 is 6.24. The van der Waals surface area contributed by atoms with Gasteiger partial charge < -0.3 is 10.2 Å². The monoisotopic (exact) mass is 490 g/mol. The van der Waals surface area contributed by atoms with Crippen molar-refractivity contribution in [2.75, 3.05) is 6.54 Å². The van der Waals surface area contributed by atoms with Crippen LogP contribution in [0.3, 0.4) is 0 Å². The van der Waals surface area contributed by atoms with Crippen molar-refractivity contribution in [2.24, 2.45) is 5.92 Å². The topological polar surface area (TPSA) is 49.4 Å². The van der Waals surface area contributed by atoms with E-state index in [0.29, 0.717) is 30.5 Å². The Labute approximate surface area is 214 Å². The van der Waals surface area contributed by atoms with E-state index in [1.165, 1.54) is 5.56 Å². The molecule has 3 aromatic rings. The second-order valence-corrected chi connectivity index (χ2v) is 10.0. The fourth-order valence-electron chi connectivity index (χ4n) is 4.00. The van der Waals surface area contributed by atoms with Gasteiger partial charge in [0.25, 0.3) is 0 Å². The molecule has 2 amide bonds. The van der Waals surface area contributed by atoms with Crippen LogP contribution in [0.2, 0.25) is 5.02 Å². The maximum absolute atomic E-state index is 13.8. The number of halogens is 1. The summed E-state index contributed by atoms with van der Waals surface area (Å²) in [5.41, 5.74) is 5.17. The van der Waals surface area contributed by atoms with Gasteiger partial charge in [0.05, 0.1) is 6.42 Å². The molecule has 0 heterocycles. The number of carbonyl (C=O) groups is 2. The predicted molar refractivity (Wildman–Crippen MR) is 143 cm³/mol. The van der Waals surface area contributed by atoms with Crippen LogP contribution in [0.4, 0.5) is 0 Å². The van der Waals surface area contributed by atoms with Crippen LogP contribution in [0.25, 0.3) is 0 Å². The van der Waals surface area contributed by atoms with Crippen molar-refractivity contribution in [1.82, 2.24) is 10.2 Å². The molecule has 0 bridgehead atoms. The van der Waals surface area contributed by atoms with E-state index < -0.39 is 6.04 Å². The average Bonchev–Trinajstić information content (AvgIpc) is 2.82. The highest BCUT2D eigenvalue weighted by Gasteiger charge is 2.30. The van der Waals surface area contributed by atoms with Crippen LogP contribution >= 0.6 is 11.6 Å². The third-order valence-electron chi connectivity index (χ3n) is 6.12. The number of carbonyl (C=O) groups excluding carboxylic acids is 2. The fraction of sp³-hybridized carbons (Fsp3) is 0.333. The van der Waals surface area contributed by atoms with Gasteiger partial charge in [-0.2, -0.15) is 0 Å². The quantitative estimate of drug-likeness (QED) is 0.384. The van der Waals surface area contributed by atoms with Crippen LogP contribution in [0.1, 0.15) is 41.7 Å². The third kappa shape index (κ3) is 7.97. The lowest BCUT2D eigenvalue weighted by Gasteiger charge is -2.32. The Kier molecular flexibility index (Phi) is 9.50. The molecule has 1 N–H and O–H groups in total. The van der Waals surface area contributed by atoms with Crippen LogP contribution < -0.4 is 5.32 Å². The van der Waals surface area contributed by atoms with Crippen molar-refractivity contribution in [1.29, 1.82) is 0 Å². The highest BCUT2D eigenvalue weighted by Crippen LogP contribution is 2.19. The molecule has 35 heavy (non-hydrogen) atoms. The van der Waals surface area contributed by atoms with Gasteiger partial charge in [-0.15, -0.1) is 0 Å². The lowest BCUT2D eigenvalue weighted by atomic mass is 10.00. The number of amides is 2. The molecule has 0 spiro atoms. The van der Waals surface area contributed by atoms with Gasteiger partial charge in [-0.1, -0.05) is 86.1 Å². The van der Waals surface area contributed by atoms with Crippen molar-refractivity contribution in [3.8, 4) is 0 Å². The summed E-state index contributed by atoms with van der Waals surface area (Å²) < 4.78 is 0. The first kappa shape index (κ1) is 26.5. The first-order chi connectivity index (χ1) is 16.7. The molecule has 1 atom stereocenters. The molecule has 0 unspecified atom stereocenters. The number of rotatable bonds is 10. The molecule has 0 aliphatic heterocycles. The lowest BCUT2D eigenvalue weighted by molar-refractivity contribution is -0.140. The summed E-state index contributed by atoms with van der Waals surface area (Å²) in [6.45, 7) is 9.07. The Morgan fingerprint density at radius 2 is 1.57 bits per heavy atom. The minimum absolute atomic E-state index is 0.0890. The number of hydrogen-bond acceptors (Lipinski definition) is 2. The van der Waals surface area contributed by atoms with E-state index in [1.54, 1.807) is 4.90 Å². The smallest absolute Gasteiger partial charge is 0.243 e. The van der Waals surface area contributed by atoms with Crippen LogP contribution in [-0.4, -0.2) is 29.3 Å². The van der Waals surface area contributed by atoms with E-state index >= 15 is 0 Å². The summed E-state index contributed by atoms with van der Waals surface area (Å²) in [7, 11) is 0. The fourth-order valence-corrected chi connectivity index (χ4v) is 4.21. The van der Waals surface area contributed by atoms with E-state index in [4.69, 9.17) is 11.6 Å². The minimum Gasteiger partial charge on any atom is -0.354 e. The number of benzene rings is 3. The van der Waals surface area contributed by atoms with Gasteiger partial charge in [-0.05, 0) is 59.7 Å². The van der Waals surface area contributed by atoms with Gasteiger partial charge >= 0.3 is 0 Å². The van der Waals surface area contributed by atoms with Gasteiger partial charge in [0.1, 0.15) is 6.04 Å². The minimum atomic E-state index is -0.644. The highest BCUT2D eigenvalue weighted by atomic mass is 35.5. The Balaban J connectivity index is 1.96. The molecule has 0 fully saturated rings. The molecule has 0 aliphatic rings. The Morgan fingerprint density at radius 1 is 0.857 bits per heavy atom. The Morgan fingerprint density at radius 3 is 2.23 bits per heavy atom. The van der Waals surface area contributed by atoms with Gasteiger partial charge in [0.15, 0.2) is 0 Å². The molecule has 0 aliphatic carbocycles. The largest absolute Gasteiger partial charge is 0.354 e. The number of hydrogen-bond donors (Lipinski definition) is 1. The second-order valence-electron chi connectivity index (χ2n) is 9.59. The number of nitrogens with one attached hydrogen (secondary N) is 1. The molecule has 0 radical (unpaired) electrons. The lowest BCUT2D eigenvalue weighted by Crippen LogP contribution is -2.51. The Hall–Kier alpha value is -3.11. The summed E-state index contributed by atoms with van der Waals surface area (Å²) in [5.74, 6) is 0.0795. The van der Waals surface area contributed by atoms with Crippen molar-refractivity contribution in [3.05, 3.63) is 106 Å². The molecule has 0 saturated heterocycles. The normalized spacial score (nSPS) is 11.8. The maximum Gasteiger partial charge on any atom is 0.243 e. The standard InChI is InChI=1S/C30H35ClN2O2/c1-21(2)19-32-30(35)28(17-24-9-6-5-7-10-24)33(20-26-11-8-12-27(31)16-26)29(34)18-25-14-13-22(3)23(4)15-25/h5-16,21,28H,17-20H2,1-4H3,(H,32,35)/t28-/m0/s1. The maximum atomic E-state index is 13.8. The first-order valence-corrected chi connectivity index (χ1v) is 12.5. The molecular weight excluding hydrogens is 456 g/mol. The van der Waals surface area contributed by atoms with Gasteiger partial charge in [-0.25, -0.2) is 0 Å². The van der Waals surface area contributed by atoms with E-state index in [0.717, 1.165) is 22.3 Å². The van der Waals surface area contributed by atoms with Gasteiger partial charge in [0.2, 0.25) is 11.8 Å². The van der Waals surface area contributed by atoms with Crippen LogP contribution in [0, 0.1) is 19.8 Å². The van der Waals surface area contributed by atoms with Crippen LogP contribution in [0.5, 0.6) is 0 Å². The van der Waals surface area contributed by atoms with Crippen molar-refractivity contribution >= 4 is 23.4 Å². The SMILES string of the molecule is Cc1ccc(CC(=O)N(Cc2cccc(Cl)c2)[C@@H](Cc2ccccc2)C(=O)NCC(C)C)cc1C. The molecule has 5 heteroatoms. The second kappa shape index (κ2) is 12.6. The summed E-state index contributed by atoms with van der Waals surface area (Å²) in [6, 6.07) is 22.7. The highest BCUT2D eigenvalue weighted by molar-refractivity contribution is 6.30. The molecule has 184 valence electrons. The van der Waals surface area contributed by atoms with Crippen molar-refractivity contribution in [2.45, 2.75) is 53.1 Å². The van der Waals surface area contributed by atoms with Crippen LogP contribution in [0.15, 0.2) is 72.8 Å². The molecule has 0 aromatic heterocycles. The molecule has 3 rings (SSSR count). The van der Waals surface area contributed by atoms with Gasteiger partial charge in [0, 0.05) is 24.5 Å². The van der Waals surface area contributed by atoms with Crippen LogP contribution in [-0.2, 0) is 29.0 Å². The average molecular weight is 491 g/mol. The van der Waals surface area contributed by atoms with E-state index in [9.17, 15) is 9.59 Å². The molecule has 0 saturated carbocycles. The van der Waals surface area contributed by atoms with E-state index in [2.05, 4.69) is 32.2 Å². The summed E-state index contributed by atoms with van der Waals surface area (Å²) in [5, 5.41) is 3.66. The zero-order chi connectivity index (χ0) is 25.4. The summed E-state index contributed by atoms with van der Waals surface area (Å²) in [6.07, 6.45) is 0.661. The zero-order valence-electron chi connectivity index (χ0n) is 21.1. The first-order valence-electron chi connectivity index (χ1n) is 12.1.